The Bertz CT molecular complexity index is 151. The number of methoxy groups -OCH3 is 1. The van der Waals surface area contributed by atoms with E-state index >= 15 is 0 Å². The Morgan fingerprint density at radius 1 is 1.82 bits per heavy atom. The van der Waals surface area contributed by atoms with Crippen LogP contribution in [-0.2, 0) is 9.53 Å². The summed E-state index contributed by atoms with van der Waals surface area (Å²) < 4.78 is 4.87. The number of nitrogens with zero attached hydrogens (tertiary/aromatic N) is 1. The fourth-order valence-corrected chi connectivity index (χ4v) is 1.42. The van der Waals surface area contributed by atoms with Gasteiger partial charge in [-0.2, -0.15) is 12.6 Å². The minimum Gasteiger partial charge on any atom is -0.383 e. The maximum atomic E-state index is 11.2. The molecule has 0 aliphatic carbocycles. The van der Waals surface area contributed by atoms with Gasteiger partial charge in [-0.15, -0.1) is 0 Å². The zero-order valence-corrected chi connectivity index (χ0v) is 7.51. The van der Waals surface area contributed by atoms with E-state index in [9.17, 15) is 4.79 Å². The number of hydrogen-bond acceptors (Lipinski definition) is 3. The van der Waals surface area contributed by atoms with Crippen molar-refractivity contribution in [1.82, 2.24) is 4.90 Å². The highest BCUT2D eigenvalue weighted by Crippen LogP contribution is 2.15. The number of carbonyl (C=O) groups is 1. The van der Waals surface area contributed by atoms with Gasteiger partial charge < -0.3 is 9.64 Å². The van der Waals surface area contributed by atoms with Crippen LogP contribution in [0, 0.1) is 0 Å². The van der Waals surface area contributed by atoms with Crippen LogP contribution in [-0.4, -0.2) is 42.9 Å². The number of likely N-dealkylation sites (tertiary alicyclic amines) is 1. The molecule has 1 atom stereocenters. The van der Waals surface area contributed by atoms with Gasteiger partial charge in [0.1, 0.15) is 0 Å². The van der Waals surface area contributed by atoms with E-state index in [0.717, 1.165) is 13.0 Å². The predicted molar refractivity (Wildman–Crippen MR) is 45.8 cm³/mol. The molecule has 0 aromatic rings. The monoisotopic (exact) mass is 175 g/mol. The number of rotatable bonds is 3. The summed E-state index contributed by atoms with van der Waals surface area (Å²) in [6.45, 7) is 2.15. The molecule has 0 saturated carbocycles. The van der Waals surface area contributed by atoms with Gasteiger partial charge in [0.25, 0.3) is 0 Å². The average Bonchev–Trinajstić information content (AvgIpc) is 2.31. The summed E-state index contributed by atoms with van der Waals surface area (Å²) >= 11 is 4.14. The van der Waals surface area contributed by atoms with E-state index in [4.69, 9.17) is 4.74 Å². The van der Waals surface area contributed by atoms with Crippen molar-refractivity contribution in [3.8, 4) is 0 Å². The van der Waals surface area contributed by atoms with Gasteiger partial charge in [0, 0.05) is 20.2 Å². The van der Waals surface area contributed by atoms with Crippen LogP contribution in [0.5, 0.6) is 0 Å². The fraction of sp³-hybridized carbons (Fsp3) is 0.857. The third-order valence-corrected chi connectivity index (χ3v) is 2.31. The Hall–Kier alpha value is -0.220. The van der Waals surface area contributed by atoms with Crippen LogP contribution < -0.4 is 0 Å². The second-order valence-corrected chi connectivity index (χ2v) is 3.25. The van der Waals surface area contributed by atoms with E-state index in [1.54, 1.807) is 12.0 Å². The molecule has 0 N–H and O–H groups in total. The molecular weight excluding hydrogens is 162 g/mol. The van der Waals surface area contributed by atoms with E-state index in [1.165, 1.54) is 0 Å². The largest absolute Gasteiger partial charge is 0.383 e. The predicted octanol–water partition coefficient (Wildman–Crippen LogP) is 0.164. The molecule has 11 heavy (non-hydrogen) atoms. The standard InChI is InChI=1S/C7H13NO2S/c1-10-5-4-8-3-2-6(11)7(8)9/h6,11H,2-5H2,1H3. The second-order valence-electron chi connectivity index (χ2n) is 2.62. The van der Waals surface area contributed by atoms with Crippen LogP contribution in [0.25, 0.3) is 0 Å². The smallest absolute Gasteiger partial charge is 0.235 e. The fourth-order valence-electron chi connectivity index (χ4n) is 1.15. The van der Waals surface area contributed by atoms with E-state index in [1.807, 2.05) is 0 Å². The quantitative estimate of drug-likeness (QED) is 0.619. The Kier molecular flexibility index (Phi) is 3.20. The SMILES string of the molecule is COCCN1CCC(S)C1=O. The summed E-state index contributed by atoms with van der Waals surface area (Å²) in [7, 11) is 1.64. The molecule has 1 saturated heterocycles. The van der Waals surface area contributed by atoms with Crippen molar-refractivity contribution in [2.75, 3.05) is 26.8 Å². The molecule has 1 fully saturated rings. The number of carbonyl (C=O) groups excluding carboxylic acids is 1. The minimum atomic E-state index is -0.0770. The Morgan fingerprint density at radius 3 is 3.00 bits per heavy atom. The lowest BCUT2D eigenvalue weighted by Gasteiger charge is -2.14. The first-order valence-corrected chi connectivity index (χ1v) is 4.23. The zero-order chi connectivity index (χ0) is 8.27. The number of thiol groups is 1. The van der Waals surface area contributed by atoms with E-state index in [0.29, 0.717) is 13.2 Å². The normalized spacial score (nSPS) is 24.7. The molecule has 1 heterocycles. The van der Waals surface area contributed by atoms with Crippen molar-refractivity contribution >= 4 is 18.5 Å². The number of ether oxygens (including phenoxy) is 1. The maximum absolute atomic E-state index is 11.2. The van der Waals surface area contributed by atoms with E-state index in [2.05, 4.69) is 12.6 Å². The molecule has 0 spiro atoms. The summed E-state index contributed by atoms with van der Waals surface area (Å²) in [6, 6.07) is 0. The highest BCUT2D eigenvalue weighted by atomic mass is 32.1. The van der Waals surface area contributed by atoms with Crippen LogP contribution in [0.15, 0.2) is 0 Å². The Labute approximate surface area is 72.1 Å². The first-order valence-electron chi connectivity index (χ1n) is 3.71. The summed E-state index contributed by atoms with van der Waals surface area (Å²) in [5.74, 6) is 0.144. The number of amides is 1. The van der Waals surface area contributed by atoms with Gasteiger partial charge in [0.15, 0.2) is 0 Å². The first-order chi connectivity index (χ1) is 5.25. The zero-order valence-electron chi connectivity index (χ0n) is 6.62. The maximum Gasteiger partial charge on any atom is 0.235 e. The van der Waals surface area contributed by atoms with Crippen LogP contribution in [0.4, 0.5) is 0 Å². The van der Waals surface area contributed by atoms with Gasteiger partial charge >= 0.3 is 0 Å². The van der Waals surface area contributed by atoms with Crippen LogP contribution in [0.3, 0.4) is 0 Å². The summed E-state index contributed by atoms with van der Waals surface area (Å²) in [5.41, 5.74) is 0. The summed E-state index contributed by atoms with van der Waals surface area (Å²) in [5, 5.41) is -0.0770. The average molecular weight is 175 g/mol. The van der Waals surface area contributed by atoms with E-state index in [-0.39, 0.29) is 11.2 Å². The second kappa shape index (κ2) is 3.97. The van der Waals surface area contributed by atoms with E-state index < -0.39 is 0 Å². The third-order valence-electron chi connectivity index (χ3n) is 1.83. The lowest BCUT2D eigenvalue weighted by Crippen LogP contribution is -2.30. The van der Waals surface area contributed by atoms with Gasteiger partial charge in [0.05, 0.1) is 11.9 Å². The number of hydrogen-bond donors (Lipinski definition) is 1. The van der Waals surface area contributed by atoms with Crippen molar-refractivity contribution in [1.29, 1.82) is 0 Å². The van der Waals surface area contributed by atoms with Crippen LogP contribution in [0.1, 0.15) is 6.42 Å². The molecule has 64 valence electrons. The van der Waals surface area contributed by atoms with Gasteiger partial charge in [0.2, 0.25) is 5.91 Å². The Morgan fingerprint density at radius 2 is 2.55 bits per heavy atom. The Balaban J connectivity index is 2.30. The van der Waals surface area contributed by atoms with Gasteiger partial charge in [-0.1, -0.05) is 0 Å². The summed E-state index contributed by atoms with van der Waals surface area (Å²) in [4.78, 5) is 13.0. The molecule has 3 nitrogen and oxygen atoms in total. The molecule has 0 radical (unpaired) electrons. The molecule has 0 aromatic heterocycles. The topological polar surface area (TPSA) is 29.5 Å². The first kappa shape index (κ1) is 8.87. The van der Waals surface area contributed by atoms with Crippen molar-refractivity contribution in [3.63, 3.8) is 0 Å². The van der Waals surface area contributed by atoms with Crippen LogP contribution >= 0.6 is 12.6 Å². The molecular formula is C7H13NO2S. The third kappa shape index (κ3) is 2.10. The lowest BCUT2D eigenvalue weighted by atomic mass is 10.4. The molecule has 0 bridgehead atoms. The molecule has 1 amide bonds. The molecule has 1 aliphatic rings. The minimum absolute atomic E-state index is 0.0770. The van der Waals surface area contributed by atoms with Crippen molar-refractivity contribution in [2.45, 2.75) is 11.7 Å². The van der Waals surface area contributed by atoms with Gasteiger partial charge in [-0.3, -0.25) is 4.79 Å². The van der Waals surface area contributed by atoms with Crippen molar-refractivity contribution in [2.24, 2.45) is 0 Å². The van der Waals surface area contributed by atoms with Crippen LogP contribution in [0.2, 0.25) is 0 Å². The molecule has 1 aliphatic heterocycles. The van der Waals surface area contributed by atoms with Crippen molar-refractivity contribution in [3.05, 3.63) is 0 Å². The molecule has 4 heteroatoms. The molecule has 1 rings (SSSR count). The van der Waals surface area contributed by atoms with Gasteiger partial charge in [-0.25, -0.2) is 0 Å². The van der Waals surface area contributed by atoms with Gasteiger partial charge in [-0.05, 0) is 6.42 Å². The lowest BCUT2D eigenvalue weighted by molar-refractivity contribution is -0.127. The van der Waals surface area contributed by atoms with Crippen molar-refractivity contribution < 1.29 is 9.53 Å². The highest BCUT2D eigenvalue weighted by Gasteiger charge is 2.27. The molecule has 1 unspecified atom stereocenters. The highest BCUT2D eigenvalue weighted by molar-refractivity contribution is 7.81. The molecule has 0 aromatic carbocycles. The summed E-state index contributed by atoms with van der Waals surface area (Å²) in [6.07, 6.45) is 0.867.